The van der Waals surface area contributed by atoms with Gasteiger partial charge in [-0.3, -0.25) is 9.69 Å². The topological polar surface area (TPSA) is 42.0 Å². The minimum Gasteiger partial charge on any atom is -0.492 e. The molecule has 0 saturated carbocycles. The summed E-state index contributed by atoms with van der Waals surface area (Å²) in [5.74, 6) is 1.17. The summed E-state index contributed by atoms with van der Waals surface area (Å²) < 4.78 is 11.4. The maximum atomic E-state index is 12.3. The number of ether oxygens (including phenoxy) is 2. The molecule has 24 heavy (non-hydrogen) atoms. The van der Waals surface area contributed by atoms with Crippen LogP contribution >= 0.6 is 0 Å². The van der Waals surface area contributed by atoms with Crippen LogP contribution in [0.5, 0.6) is 5.75 Å². The first-order valence-corrected chi connectivity index (χ1v) is 9.11. The molecule has 0 radical (unpaired) electrons. The van der Waals surface area contributed by atoms with Gasteiger partial charge in [-0.25, -0.2) is 0 Å². The quantitative estimate of drug-likeness (QED) is 0.798. The molecule has 2 aliphatic rings. The van der Waals surface area contributed by atoms with Crippen LogP contribution in [0.3, 0.4) is 0 Å². The fourth-order valence-electron chi connectivity index (χ4n) is 3.39. The van der Waals surface area contributed by atoms with E-state index in [0.717, 1.165) is 64.3 Å². The highest BCUT2D eigenvalue weighted by Crippen LogP contribution is 2.18. The Kier molecular flexibility index (Phi) is 6.10. The number of nitrogens with zero attached hydrogens (tertiary/aromatic N) is 2. The number of benzene rings is 1. The van der Waals surface area contributed by atoms with E-state index in [1.165, 1.54) is 5.56 Å². The lowest BCUT2D eigenvalue weighted by Gasteiger charge is -2.35. The highest BCUT2D eigenvalue weighted by atomic mass is 16.5. The predicted molar refractivity (Wildman–Crippen MR) is 93.3 cm³/mol. The number of carbonyl (C=O) groups is 1. The summed E-state index contributed by atoms with van der Waals surface area (Å²) in [5.41, 5.74) is 1.25. The van der Waals surface area contributed by atoms with Crippen molar-refractivity contribution in [3.63, 3.8) is 0 Å². The summed E-state index contributed by atoms with van der Waals surface area (Å²) in [4.78, 5) is 16.7. The van der Waals surface area contributed by atoms with E-state index >= 15 is 0 Å². The van der Waals surface area contributed by atoms with Crippen molar-refractivity contribution in [2.75, 3.05) is 45.9 Å². The van der Waals surface area contributed by atoms with Crippen molar-refractivity contribution in [1.29, 1.82) is 0 Å². The summed E-state index contributed by atoms with van der Waals surface area (Å²) >= 11 is 0. The normalized spacial score (nSPS) is 21.9. The van der Waals surface area contributed by atoms with Crippen LogP contribution in [0.15, 0.2) is 24.3 Å². The first kappa shape index (κ1) is 17.2. The van der Waals surface area contributed by atoms with E-state index in [1.807, 2.05) is 17.0 Å². The minimum absolute atomic E-state index is 0.181. The smallest absolute Gasteiger partial charge is 0.251 e. The van der Waals surface area contributed by atoms with Gasteiger partial charge in [0.15, 0.2) is 0 Å². The molecule has 2 heterocycles. The van der Waals surface area contributed by atoms with Crippen LogP contribution < -0.4 is 4.74 Å². The molecule has 0 aliphatic carbocycles. The largest absolute Gasteiger partial charge is 0.492 e. The van der Waals surface area contributed by atoms with Gasteiger partial charge in [-0.2, -0.15) is 0 Å². The number of aryl methyl sites for hydroxylation is 1. The third-order valence-electron chi connectivity index (χ3n) is 4.91. The third-order valence-corrected chi connectivity index (χ3v) is 4.91. The molecule has 1 aromatic carbocycles. The van der Waals surface area contributed by atoms with Crippen molar-refractivity contribution >= 4 is 5.91 Å². The van der Waals surface area contributed by atoms with E-state index in [1.54, 1.807) is 0 Å². The maximum Gasteiger partial charge on any atom is 0.251 e. The Morgan fingerprint density at radius 2 is 2.04 bits per heavy atom. The average Bonchev–Trinajstić information content (AvgIpc) is 3.17. The van der Waals surface area contributed by atoms with Crippen LogP contribution in [-0.4, -0.2) is 67.7 Å². The SMILES string of the molecule is CCc1ccccc1OCCN1CCN(C(=O)C2CCCO2)CC1. The van der Waals surface area contributed by atoms with E-state index in [-0.39, 0.29) is 12.0 Å². The zero-order valence-corrected chi connectivity index (χ0v) is 14.6. The van der Waals surface area contributed by atoms with Gasteiger partial charge in [0, 0.05) is 39.3 Å². The summed E-state index contributed by atoms with van der Waals surface area (Å²) in [6, 6.07) is 8.22. The lowest BCUT2D eigenvalue weighted by Crippen LogP contribution is -2.52. The number of para-hydroxylation sites is 1. The molecule has 0 N–H and O–H groups in total. The first-order valence-electron chi connectivity index (χ1n) is 9.11. The molecule has 2 aliphatic heterocycles. The molecule has 5 heteroatoms. The van der Waals surface area contributed by atoms with E-state index in [9.17, 15) is 4.79 Å². The van der Waals surface area contributed by atoms with Gasteiger partial charge in [0.1, 0.15) is 18.5 Å². The molecule has 1 amide bonds. The maximum absolute atomic E-state index is 12.3. The number of hydrogen-bond acceptors (Lipinski definition) is 4. The zero-order chi connectivity index (χ0) is 16.8. The van der Waals surface area contributed by atoms with Crippen LogP contribution in [0.1, 0.15) is 25.3 Å². The molecule has 0 bridgehead atoms. The van der Waals surface area contributed by atoms with Crippen molar-refractivity contribution in [3.05, 3.63) is 29.8 Å². The van der Waals surface area contributed by atoms with Crippen molar-refractivity contribution in [3.8, 4) is 5.75 Å². The van der Waals surface area contributed by atoms with E-state index in [0.29, 0.717) is 6.61 Å². The average molecular weight is 332 g/mol. The molecule has 3 rings (SSSR count). The molecular weight excluding hydrogens is 304 g/mol. The lowest BCUT2D eigenvalue weighted by atomic mass is 10.1. The Morgan fingerprint density at radius 1 is 1.25 bits per heavy atom. The van der Waals surface area contributed by atoms with Gasteiger partial charge in [-0.1, -0.05) is 25.1 Å². The molecule has 1 atom stereocenters. The second kappa shape index (κ2) is 8.49. The fraction of sp³-hybridized carbons (Fsp3) is 0.632. The monoisotopic (exact) mass is 332 g/mol. The summed E-state index contributed by atoms with van der Waals surface area (Å²) in [5, 5.41) is 0. The van der Waals surface area contributed by atoms with Gasteiger partial charge in [0.05, 0.1) is 0 Å². The molecule has 2 saturated heterocycles. The number of hydrogen-bond donors (Lipinski definition) is 0. The summed E-state index contributed by atoms with van der Waals surface area (Å²) in [6.45, 7) is 7.89. The highest BCUT2D eigenvalue weighted by molar-refractivity contribution is 5.81. The zero-order valence-electron chi connectivity index (χ0n) is 14.6. The number of amides is 1. The molecule has 132 valence electrons. The van der Waals surface area contributed by atoms with E-state index in [4.69, 9.17) is 9.47 Å². The van der Waals surface area contributed by atoms with Gasteiger partial charge in [-0.15, -0.1) is 0 Å². The van der Waals surface area contributed by atoms with Crippen molar-refractivity contribution in [1.82, 2.24) is 9.80 Å². The standard InChI is InChI=1S/C19H28N2O3/c1-2-16-6-3-4-7-17(16)24-15-13-20-9-11-21(12-10-20)19(22)18-8-5-14-23-18/h3-4,6-7,18H,2,5,8-15H2,1H3. The Bertz CT molecular complexity index is 535. The van der Waals surface area contributed by atoms with Gasteiger partial charge in [0.2, 0.25) is 0 Å². The predicted octanol–water partition coefficient (Wildman–Crippen LogP) is 1.95. The van der Waals surface area contributed by atoms with Gasteiger partial charge in [0.25, 0.3) is 5.91 Å². The number of carbonyl (C=O) groups excluding carboxylic acids is 1. The molecule has 2 fully saturated rings. The van der Waals surface area contributed by atoms with Crippen LogP contribution in [0.4, 0.5) is 0 Å². The summed E-state index contributed by atoms with van der Waals surface area (Å²) in [7, 11) is 0. The Balaban J connectivity index is 1.38. The molecular formula is C19H28N2O3. The van der Waals surface area contributed by atoms with Crippen molar-refractivity contribution in [2.24, 2.45) is 0 Å². The highest BCUT2D eigenvalue weighted by Gasteiger charge is 2.30. The Labute approximate surface area is 144 Å². The molecule has 5 nitrogen and oxygen atoms in total. The summed E-state index contributed by atoms with van der Waals surface area (Å²) in [6.07, 6.45) is 2.68. The lowest BCUT2D eigenvalue weighted by molar-refractivity contribution is -0.142. The second-order valence-corrected chi connectivity index (χ2v) is 6.48. The first-order chi connectivity index (χ1) is 11.8. The number of rotatable bonds is 6. The van der Waals surface area contributed by atoms with Crippen molar-refractivity contribution in [2.45, 2.75) is 32.3 Å². The van der Waals surface area contributed by atoms with Crippen LogP contribution in [0, 0.1) is 0 Å². The van der Waals surface area contributed by atoms with Gasteiger partial charge >= 0.3 is 0 Å². The van der Waals surface area contributed by atoms with Gasteiger partial charge < -0.3 is 14.4 Å². The third kappa shape index (κ3) is 4.28. The van der Waals surface area contributed by atoms with E-state index in [2.05, 4.69) is 24.0 Å². The molecule has 1 unspecified atom stereocenters. The van der Waals surface area contributed by atoms with Crippen LogP contribution in [0.2, 0.25) is 0 Å². The number of piperazine rings is 1. The Morgan fingerprint density at radius 3 is 2.75 bits per heavy atom. The molecule has 1 aromatic rings. The second-order valence-electron chi connectivity index (χ2n) is 6.48. The fourth-order valence-corrected chi connectivity index (χ4v) is 3.39. The Hall–Kier alpha value is -1.59. The van der Waals surface area contributed by atoms with Crippen LogP contribution in [0.25, 0.3) is 0 Å². The van der Waals surface area contributed by atoms with E-state index < -0.39 is 0 Å². The van der Waals surface area contributed by atoms with Crippen molar-refractivity contribution < 1.29 is 14.3 Å². The van der Waals surface area contributed by atoms with Gasteiger partial charge in [-0.05, 0) is 30.9 Å². The van der Waals surface area contributed by atoms with Crippen LogP contribution in [-0.2, 0) is 16.0 Å². The molecule has 0 aromatic heterocycles. The minimum atomic E-state index is -0.189. The molecule has 0 spiro atoms.